The maximum atomic E-state index is 12.8. The summed E-state index contributed by atoms with van der Waals surface area (Å²) >= 11 is 0. The lowest BCUT2D eigenvalue weighted by molar-refractivity contribution is -0.870. The molecule has 0 aliphatic carbocycles. The van der Waals surface area contributed by atoms with Crippen LogP contribution >= 0.6 is 7.82 Å². The number of carbonyl (C=O) groups is 1. The fourth-order valence-electron chi connectivity index (χ4n) is 7.61. The summed E-state index contributed by atoms with van der Waals surface area (Å²) in [5.74, 6) is -0.320. The van der Waals surface area contributed by atoms with E-state index in [4.69, 9.17) is 18.5 Å². The molecule has 2 atom stereocenters. The largest absolute Gasteiger partial charge is 0.472 e. The number of unbranched alkanes of at least 4 members (excludes halogenated alkanes) is 24. The molecule has 0 aliphatic heterocycles. The lowest BCUT2D eigenvalue weighted by Gasteiger charge is -2.24. The predicted octanol–water partition coefficient (Wildman–Crippen LogP) is 18.0. The molecule has 0 saturated carbocycles. The number of rotatable bonds is 52. The van der Waals surface area contributed by atoms with E-state index in [1.165, 1.54) is 141 Å². The van der Waals surface area contributed by atoms with E-state index >= 15 is 0 Å². The van der Waals surface area contributed by atoms with E-state index in [1.54, 1.807) is 0 Å². The van der Waals surface area contributed by atoms with E-state index in [9.17, 15) is 14.3 Å². The number of nitrogens with zero attached hydrogens (tertiary/aromatic N) is 1. The van der Waals surface area contributed by atoms with Crippen LogP contribution in [0.15, 0.2) is 85.1 Å². The summed E-state index contributed by atoms with van der Waals surface area (Å²) < 4.78 is 35.2. The Bertz CT molecular complexity index is 1380. The van der Waals surface area contributed by atoms with Crippen LogP contribution in [0.3, 0.4) is 0 Å². The number of hydrogen-bond donors (Lipinski definition) is 1. The van der Waals surface area contributed by atoms with Crippen LogP contribution < -0.4 is 0 Å². The molecule has 0 rings (SSSR count). The van der Waals surface area contributed by atoms with Gasteiger partial charge in [0, 0.05) is 13.0 Å². The van der Waals surface area contributed by atoms with Crippen molar-refractivity contribution in [3.8, 4) is 0 Å². The number of esters is 1. The normalized spacial score (nSPS) is 14.1. The van der Waals surface area contributed by atoms with Crippen molar-refractivity contribution in [2.45, 2.75) is 238 Å². The molecule has 0 aromatic heterocycles. The van der Waals surface area contributed by atoms with Gasteiger partial charge in [-0.3, -0.25) is 13.8 Å². The second-order valence-electron chi connectivity index (χ2n) is 19.9. The first-order chi connectivity index (χ1) is 33.6. The lowest BCUT2D eigenvalue weighted by Crippen LogP contribution is -2.37. The van der Waals surface area contributed by atoms with Gasteiger partial charge in [0.15, 0.2) is 0 Å². The van der Waals surface area contributed by atoms with Gasteiger partial charge in [-0.05, 0) is 89.9 Å². The zero-order valence-electron chi connectivity index (χ0n) is 45.5. The van der Waals surface area contributed by atoms with Gasteiger partial charge in [-0.2, -0.15) is 0 Å². The minimum absolute atomic E-state index is 0.0832. The fraction of sp³-hybridized carbons (Fsp3) is 0.750. The minimum atomic E-state index is -4.29. The van der Waals surface area contributed by atoms with Gasteiger partial charge in [0.25, 0.3) is 0 Å². The molecule has 0 aromatic carbocycles. The van der Waals surface area contributed by atoms with Crippen molar-refractivity contribution in [3.63, 3.8) is 0 Å². The van der Waals surface area contributed by atoms with Gasteiger partial charge >= 0.3 is 13.8 Å². The van der Waals surface area contributed by atoms with E-state index in [1.807, 2.05) is 21.1 Å². The SMILES string of the molecule is CC/C=C\C/C=C\C/C=C\C/C=C\C/C=C\CCCCCCCCCCCCOCC(COP(=O)(O)OCC[N+](C)(C)C)OC(=O)CCCCCCCCCCC/C=C\C/C=C\CCCCCCC. The summed E-state index contributed by atoms with van der Waals surface area (Å²) in [5, 5.41) is 0. The van der Waals surface area contributed by atoms with Crippen molar-refractivity contribution >= 4 is 13.8 Å². The molecule has 0 spiro atoms. The van der Waals surface area contributed by atoms with Crippen molar-refractivity contribution in [2.24, 2.45) is 0 Å². The third-order valence-corrected chi connectivity index (χ3v) is 12.9. The summed E-state index contributed by atoms with van der Waals surface area (Å²) in [7, 11) is 1.66. The lowest BCUT2D eigenvalue weighted by atomic mass is 10.1. The van der Waals surface area contributed by atoms with Crippen LogP contribution in [0.4, 0.5) is 0 Å². The molecule has 400 valence electrons. The number of phosphoric ester groups is 1. The summed E-state index contributed by atoms with van der Waals surface area (Å²) in [4.78, 5) is 23.1. The molecule has 0 aromatic rings. The summed E-state index contributed by atoms with van der Waals surface area (Å²) in [5.41, 5.74) is 0. The molecule has 0 heterocycles. The van der Waals surface area contributed by atoms with Crippen LogP contribution in [0.1, 0.15) is 232 Å². The Kier molecular flexibility index (Phi) is 50.3. The Balaban J connectivity index is 4.12. The molecule has 2 unspecified atom stereocenters. The molecule has 0 radical (unpaired) electrons. The number of hydrogen-bond acceptors (Lipinski definition) is 6. The Labute approximate surface area is 426 Å². The molecule has 0 aliphatic rings. The average molecular weight is 988 g/mol. The zero-order chi connectivity index (χ0) is 50.5. The molecule has 0 amide bonds. The van der Waals surface area contributed by atoms with Crippen LogP contribution in [0.5, 0.6) is 0 Å². The van der Waals surface area contributed by atoms with Crippen molar-refractivity contribution in [2.75, 3.05) is 54.1 Å². The first-order valence-corrected chi connectivity index (χ1v) is 29.8. The van der Waals surface area contributed by atoms with Gasteiger partial charge in [-0.15, -0.1) is 0 Å². The molecule has 0 bridgehead atoms. The van der Waals surface area contributed by atoms with Gasteiger partial charge in [0.1, 0.15) is 19.3 Å². The van der Waals surface area contributed by atoms with Crippen LogP contribution in [0, 0.1) is 0 Å². The standard InChI is InChI=1S/C60H108NO7P/c1-6-8-10-12-14-16-18-20-22-24-26-28-29-30-31-32-34-36-38-40-42-44-46-48-50-52-55-65-57-59(58-67-69(63,64)66-56-54-61(3,4)5)68-60(62)53-51-49-47-45-43-41-39-37-35-33-27-25-23-21-19-17-15-13-11-9-7-2/h8,10,14,16,19-22,25-28,30-31,59H,6-7,9,11-13,15,17-18,23-24,29,32-58H2,1-5H3/p+1/b10-8-,16-14-,21-19-,22-20-,27-25-,28-26-,31-30-. The number of ether oxygens (including phenoxy) is 2. The maximum Gasteiger partial charge on any atom is 0.472 e. The number of phosphoric acid groups is 1. The van der Waals surface area contributed by atoms with Crippen LogP contribution in [-0.2, 0) is 27.9 Å². The van der Waals surface area contributed by atoms with Gasteiger partial charge in [0.2, 0.25) is 0 Å². The van der Waals surface area contributed by atoms with Crippen molar-refractivity contribution in [3.05, 3.63) is 85.1 Å². The highest BCUT2D eigenvalue weighted by Crippen LogP contribution is 2.43. The highest BCUT2D eigenvalue weighted by molar-refractivity contribution is 7.47. The predicted molar refractivity (Wildman–Crippen MR) is 298 cm³/mol. The summed E-state index contributed by atoms with van der Waals surface area (Å²) in [6.45, 7) is 5.49. The van der Waals surface area contributed by atoms with E-state index in [0.717, 1.165) is 70.6 Å². The van der Waals surface area contributed by atoms with Crippen LogP contribution in [-0.4, -0.2) is 75.6 Å². The average Bonchev–Trinajstić information content (AvgIpc) is 3.31. The van der Waals surface area contributed by atoms with E-state index in [-0.39, 0.29) is 25.8 Å². The van der Waals surface area contributed by atoms with E-state index in [2.05, 4.69) is 98.9 Å². The summed E-state index contributed by atoms with van der Waals surface area (Å²) in [6, 6.07) is 0. The van der Waals surface area contributed by atoms with E-state index in [0.29, 0.717) is 24.1 Å². The number of allylic oxidation sites excluding steroid dienone is 14. The first kappa shape index (κ1) is 66.7. The molecule has 0 fully saturated rings. The third-order valence-electron chi connectivity index (χ3n) is 11.9. The Hall–Kier alpha value is -2.32. The molecule has 9 heteroatoms. The fourth-order valence-corrected chi connectivity index (χ4v) is 8.35. The Morgan fingerprint density at radius 1 is 0.464 bits per heavy atom. The number of likely N-dealkylation sites (N-methyl/N-ethyl adjacent to an activating group) is 1. The molecule has 0 saturated heterocycles. The Morgan fingerprint density at radius 3 is 1.26 bits per heavy atom. The van der Waals surface area contributed by atoms with E-state index < -0.39 is 13.9 Å². The molecule has 69 heavy (non-hydrogen) atoms. The van der Waals surface area contributed by atoms with Gasteiger partial charge in [-0.25, -0.2) is 4.57 Å². The van der Waals surface area contributed by atoms with Crippen molar-refractivity contribution in [1.82, 2.24) is 0 Å². The van der Waals surface area contributed by atoms with Gasteiger partial charge < -0.3 is 18.9 Å². The van der Waals surface area contributed by atoms with Crippen LogP contribution in [0.25, 0.3) is 0 Å². The number of quaternary nitrogens is 1. The monoisotopic (exact) mass is 987 g/mol. The molecule has 1 N–H and O–H groups in total. The second kappa shape index (κ2) is 52.0. The quantitative estimate of drug-likeness (QED) is 0.0213. The first-order valence-electron chi connectivity index (χ1n) is 28.3. The molecular weight excluding hydrogens is 878 g/mol. The van der Waals surface area contributed by atoms with Gasteiger partial charge in [0.05, 0.1) is 34.4 Å². The Morgan fingerprint density at radius 2 is 0.841 bits per heavy atom. The topological polar surface area (TPSA) is 91.3 Å². The minimum Gasteiger partial charge on any atom is -0.457 e. The summed E-state index contributed by atoms with van der Waals surface area (Å²) in [6.07, 6.45) is 70.7. The zero-order valence-corrected chi connectivity index (χ0v) is 46.4. The van der Waals surface area contributed by atoms with Crippen molar-refractivity contribution < 1.29 is 37.3 Å². The molecule has 8 nitrogen and oxygen atoms in total. The smallest absolute Gasteiger partial charge is 0.457 e. The van der Waals surface area contributed by atoms with Gasteiger partial charge in [-0.1, -0.05) is 221 Å². The van der Waals surface area contributed by atoms with Crippen LogP contribution in [0.2, 0.25) is 0 Å². The second-order valence-corrected chi connectivity index (χ2v) is 21.4. The highest BCUT2D eigenvalue weighted by atomic mass is 31.2. The molecular formula is C60H109NO7P+. The maximum absolute atomic E-state index is 12.8. The third kappa shape index (κ3) is 56.5. The van der Waals surface area contributed by atoms with Crippen molar-refractivity contribution in [1.29, 1.82) is 0 Å². The highest BCUT2D eigenvalue weighted by Gasteiger charge is 2.26. The number of carbonyl (C=O) groups excluding carboxylic acids is 1.